The third kappa shape index (κ3) is 3.77. The SMILES string of the molecule is COCCNC(=O)N[C@H]1COc2ccc(OC)cc2C1. The predicted octanol–water partition coefficient (Wildman–Crippen LogP) is 0.944. The molecular formula is C14H20N2O4. The van der Waals surface area contributed by atoms with E-state index in [1.165, 1.54) is 0 Å². The van der Waals surface area contributed by atoms with Crippen LogP contribution in [0.2, 0.25) is 0 Å². The molecule has 0 aliphatic carbocycles. The van der Waals surface area contributed by atoms with Crippen LogP contribution in [0.4, 0.5) is 4.79 Å². The van der Waals surface area contributed by atoms with Gasteiger partial charge in [0.2, 0.25) is 0 Å². The first-order valence-corrected chi connectivity index (χ1v) is 6.56. The molecule has 1 aliphatic rings. The quantitative estimate of drug-likeness (QED) is 0.788. The second-order valence-electron chi connectivity index (χ2n) is 4.58. The van der Waals surface area contributed by atoms with Crippen LogP contribution in [0.1, 0.15) is 5.56 Å². The van der Waals surface area contributed by atoms with Crippen LogP contribution in [-0.2, 0) is 11.2 Å². The molecule has 1 aliphatic heterocycles. The number of carbonyl (C=O) groups excluding carboxylic acids is 1. The molecule has 1 atom stereocenters. The van der Waals surface area contributed by atoms with Crippen molar-refractivity contribution in [3.63, 3.8) is 0 Å². The van der Waals surface area contributed by atoms with E-state index in [0.29, 0.717) is 19.8 Å². The monoisotopic (exact) mass is 280 g/mol. The summed E-state index contributed by atoms with van der Waals surface area (Å²) in [5.74, 6) is 1.64. The van der Waals surface area contributed by atoms with E-state index in [9.17, 15) is 4.79 Å². The van der Waals surface area contributed by atoms with Crippen LogP contribution in [0.3, 0.4) is 0 Å². The van der Waals surface area contributed by atoms with E-state index in [2.05, 4.69) is 10.6 Å². The minimum Gasteiger partial charge on any atom is -0.497 e. The zero-order chi connectivity index (χ0) is 14.4. The summed E-state index contributed by atoms with van der Waals surface area (Å²) in [5.41, 5.74) is 1.04. The van der Waals surface area contributed by atoms with Gasteiger partial charge in [-0.15, -0.1) is 0 Å². The van der Waals surface area contributed by atoms with E-state index >= 15 is 0 Å². The van der Waals surface area contributed by atoms with Crippen molar-refractivity contribution in [1.82, 2.24) is 10.6 Å². The summed E-state index contributed by atoms with van der Waals surface area (Å²) in [7, 11) is 3.23. The maximum absolute atomic E-state index is 11.7. The van der Waals surface area contributed by atoms with Gasteiger partial charge in [-0.25, -0.2) is 4.79 Å². The molecule has 2 N–H and O–H groups in total. The lowest BCUT2D eigenvalue weighted by atomic mass is 10.0. The average molecular weight is 280 g/mol. The molecule has 2 amide bonds. The van der Waals surface area contributed by atoms with E-state index in [1.807, 2.05) is 18.2 Å². The van der Waals surface area contributed by atoms with Crippen molar-refractivity contribution in [2.75, 3.05) is 34.0 Å². The fourth-order valence-electron chi connectivity index (χ4n) is 2.09. The number of urea groups is 1. The van der Waals surface area contributed by atoms with Gasteiger partial charge in [-0.2, -0.15) is 0 Å². The Bertz CT molecular complexity index is 464. The summed E-state index contributed by atoms with van der Waals surface area (Å²) in [6, 6.07) is 5.44. The smallest absolute Gasteiger partial charge is 0.315 e. The highest BCUT2D eigenvalue weighted by Crippen LogP contribution is 2.28. The van der Waals surface area contributed by atoms with E-state index in [-0.39, 0.29) is 12.1 Å². The number of nitrogens with one attached hydrogen (secondary N) is 2. The summed E-state index contributed by atoms with van der Waals surface area (Å²) in [4.78, 5) is 11.7. The van der Waals surface area contributed by atoms with Crippen LogP contribution in [0, 0.1) is 0 Å². The Kier molecular flexibility index (Phi) is 5.06. The second-order valence-corrected chi connectivity index (χ2v) is 4.58. The van der Waals surface area contributed by atoms with Gasteiger partial charge in [0, 0.05) is 13.7 Å². The number of hydrogen-bond donors (Lipinski definition) is 2. The van der Waals surface area contributed by atoms with Crippen LogP contribution in [0.15, 0.2) is 18.2 Å². The van der Waals surface area contributed by atoms with Crippen molar-refractivity contribution < 1.29 is 19.0 Å². The summed E-state index contributed by atoms with van der Waals surface area (Å²) in [6.45, 7) is 1.45. The van der Waals surface area contributed by atoms with Crippen molar-refractivity contribution in [3.8, 4) is 11.5 Å². The Morgan fingerprint density at radius 3 is 3.05 bits per heavy atom. The fraction of sp³-hybridized carbons (Fsp3) is 0.500. The molecule has 20 heavy (non-hydrogen) atoms. The van der Waals surface area contributed by atoms with Gasteiger partial charge in [0.1, 0.15) is 18.1 Å². The van der Waals surface area contributed by atoms with Gasteiger partial charge in [-0.3, -0.25) is 0 Å². The van der Waals surface area contributed by atoms with Gasteiger partial charge in [0.05, 0.1) is 19.8 Å². The number of carbonyl (C=O) groups is 1. The molecule has 0 bridgehead atoms. The van der Waals surface area contributed by atoms with Gasteiger partial charge in [0.25, 0.3) is 0 Å². The molecular weight excluding hydrogens is 260 g/mol. The third-order valence-corrected chi connectivity index (χ3v) is 3.10. The number of methoxy groups -OCH3 is 2. The minimum absolute atomic E-state index is 0.0443. The van der Waals surface area contributed by atoms with Crippen molar-refractivity contribution in [2.24, 2.45) is 0 Å². The van der Waals surface area contributed by atoms with Crippen LogP contribution in [-0.4, -0.2) is 46.1 Å². The Morgan fingerprint density at radius 2 is 2.30 bits per heavy atom. The number of benzene rings is 1. The van der Waals surface area contributed by atoms with Crippen molar-refractivity contribution in [3.05, 3.63) is 23.8 Å². The highest BCUT2D eigenvalue weighted by atomic mass is 16.5. The standard InChI is InChI=1S/C14H20N2O4/c1-18-6-5-15-14(17)16-11-7-10-8-12(19-2)3-4-13(10)20-9-11/h3-4,8,11H,5-7,9H2,1-2H3,(H2,15,16,17)/t11-/m1/s1. The molecule has 6 nitrogen and oxygen atoms in total. The molecule has 0 radical (unpaired) electrons. The summed E-state index contributed by atoms with van der Waals surface area (Å²) >= 11 is 0. The van der Waals surface area contributed by atoms with E-state index in [1.54, 1.807) is 14.2 Å². The fourth-order valence-corrected chi connectivity index (χ4v) is 2.09. The number of hydrogen-bond acceptors (Lipinski definition) is 4. The minimum atomic E-state index is -0.206. The van der Waals surface area contributed by atoms with Gasteiger partial charge in [-0.1, -0.05) is 0 Å². The molecule has 0 saturated carbocycles. The molecule has 1 aromatic carbocycles. The van der Waals surface area contributed by atoms with Crippen LogP contribution < -0.4 is 20.1 Å². The van der Waals surface area contributed by atoms with Gasteiger partial charge >= 0.3 is 6.03 Å². The molecule has 0 aromatic heterocycles. The van der Waals surface area contributed by atoms with Crippen LogP contribution in [0.25, 0.3) is 0 Å². The summed E-state index contributed by atoms with van der Waals surface area (Å²) in [5, 5.41) is 5.61. The number of rotatable bonds is 5. The number of fused-ring (bicyclic) bond motifs is 1. The first-order valence-electron chi connectivity index (χ1n) is 6.56. The van der Waals surface area contributed by atoms with Gasteiger partial charge in [0.15, 0.2) is 0 Å². The molecule has 0 spiro atoms. The molecule has 6 heteroatoms. The average Bonchev–Trinajstić information content (AvgIpc) is 2.46. The molecule has 0 saturated heterocycles. The first-order chi connectivity index (χ1) is 9.72. The summed E-state index contributed by atoms with van der Waals surface area (Å²) in [6.07, 6.45) is 0.726. The Labute approximate surface area is 118 Å². The van der Waals surface area contributed by atoms with E-state index in [0.717, 1.165) is 23.5 Å². The normalized spacial score (nSPS) is 16.8. The zero-order valence-corrected chi connectivity index (χ0v) is 11.8. The molecule has 1 heterocycles. The Hall–Kier alpha value is -1.95. The van der Waals surface area contributed by atoms with Crippen LogP contribution in [0.5, 0.6) is 11.5 Å². The topological polar surface area (TPSA) is 68.8 Å². The van der Waals surface area contributed by atoms with Crippen molar-refractivity contribution in [2.45, 2.75) is 12.5 Å². The van der Waals surface area contributed by atoms with Gasteiger partial charge in [-0.05, 0) is 30.2 Å². The highest BCUT2D eigenvalue weighted by Gasteiger charge is 2.21. The lowest BCUT2D eigenvalue weighted by Gasteiger charge is -2.26. The maximum atomic E-state index is 11.7. The molecule has 0 unspecified atom stereocenters. The number of ether oxygens (including phenoxy) is 3. The number of amides is 2. The second kappa shape index (κ2) is 7.00. The van der Waals surface area contributed by atoms with Crippen molar-refractivity contribution >= 4 is 6.03 Å². The Morgan fingerprint density at radius 1 is 1.45 bits per heavy atom. The predicted molar refractivity (Wildman–Crippen MR) is 74.4 cm³/mol. The maximum Gasteiger partial charge on any atom is 0.315 e. The molecule has 0 fully saturated rings. The van der Waals surface area contributed by atoms with E-state index < -0.39 is 0 Å². The lowest BCUT2D eigenvalue weighted by Crippen LogP contribution is -2.47. The van der Waals surface area contributed by atoms with Crippen LogP contribution >= 0.6 is 0 Å². The Balaban J connectivity index is 1.88. The zero-order valence-electron chi connectivity index (χ0n) is 11.8. The molecule has 2 rings (SSSR count). The summed E-state index contributed by atoms with van der Waals surface area (Å²) < 4.78 is 15.7. The van der Waals surface area contributed by atoms with E-state index in [4.69, 9.17) is 14.2 Å². The highest BCUT2D eigenvalue weighted by molar-refractivity contribution is 5.74. The molecule has 110 valence electrons. The first kappa shape index (κ1) is 14.5. The third-order valence-electron chi connectivity index (χ3n) is 3.10. The van der Waals surface area contributed by atoms with Crippen molar-refractivity contribution in [1.29, 1.82) is 0 Å². The molecule has 1 aromatic rings. The largest absolute Gasteiger partial charge is 0.497 e. The lowest BCUT2D eigenvalue weighted by molar-refractivity contribution is 0.191. The van der Waals surface area contributed by atoms with Gasteiger partial charge < -0.3 is 24.8 Å².